The third-order valence-corrected chi connectivity index (χ3v) is 7.61. The molecule has 2 fully saturated rings. The molecule has 2 N–H and O–H groups in total. The monoisotopic (exact) mass is 536 g/mol. The Morgan fingerprint density at radius 2 is 1.90 bits per heavy atom. The van der Waals surface area contributed by atoms with Crippen molar-refractivity contribution >= 4 is 34.2 Å². The van der Waals surface area contributed by atoms with Crippen LogP contribution in [0.1, 0.15) is 48.9 Å². The Morgan fingerprint density at radius 3 is 2.62 bits per heavy atom. The van der Waals surface area contributed by atoms with Gasteiger partial charge >= 0.3 is 12.2 Å². The number of rotatable bonds is 5. The molecule has 200 valence electrons. The third kappa shape index (κ3) is 3.67. The summed E-state index contributed by atoms with van der Waals surface area (Å²) in [4.78, 5) is 26.3. The topological polar surface area (TPSA) is 115 Å². The molecule has 2 aliphatic rings. The molecule has 5 heterocycles. The average Bonchev–Trinajstić information content (AvgIpc) is 3.78. The van der Waals surface area contributed by atoms with Gasteiger partial charge in [-0.05, 0) is 51.7 Å². The first-order valence-corrected chi connectivity index (χ1v) is 12.6. The molecule has 5 aromatic heterocycles. The number of hydrogen-bond donors (Lipinski definition) is 2. The first-order valence-electron chi connectivity index (χ1n) is 12.6. The SMILES string of the molecule is Cc1ncnc2c1c(-c1ccc(NC(=O)Nc3cc(C4(C(F)(F)F)CC4)on3)c3ncc(C)n13)cn2C1CC1. The van der Waals surface area contributed by atoms with Crippen molar-refractivity contribution in [3.8, 4) is 11.3 Å². The lowest BCUT2D eigenvalue weighted by Crippen LogP contribution is -2.28. The second kappa shape index (κ2) is 8.04. The minimum Gasteiger partial charge on any atom is -0.358 e. The number of halogens is 3. The number of aryl methyl sites for hydroxylation is 2. The lowest BCUT2D eigenvalue weighted by atomic mass is 10.0. The summed E-state index contributed by atoms with van der Waals surface area (Å²) < 4.78 is 49.3. The fourth-order valence-electron chi connectivity index (χ4n) is 5.24. The molecular formula is C26H23F3N8O2. The number of carbonyl (C=O) groups excluding carboxylic acids is 1. The van der Waals surface area contributed by atoms with E-state index in [1.54, 1.807) is 18.6 Å². The molecule has 10 nitrogen and oxygen atoms in total. The second-order valence-corrected chi connectivity index (χ2v) is 10.3. The van der Waals surface area contributed by atoms with E-state index in [2.05, 4.69) is 41.5 Å². The molecule has 0 saturated heterocycles. The maximum Gasteiger partial charge on any atom is 0.401 e. The number of hydrogen-bond acceptors (Lipinski definition) is 6. The van der Waals surface area contributed by atoms with E-state index in [0.29, 0.717) is 17.4 Å². The third-order valence-electron chi connectivity index (χ3n) is 7.61. The molecule has 2 amide bonds. The van der Waals surface area contributed by atoms with Gasteiger partial charge in [-0.1, -0.05) is 5.16 Å². The van der Waals surface area contributed by atoms with Gasteiger partial charge in [0.15, 0.2) is 17.2 Å². The van der Waals surface area contributed by atoms with Crippen molar-refractivity contribution in [1.29, 1.82) is 0 Å². The van der Waals surface area contributed by atoms with Crippen LogP contribution in [0.15, 0.2) is 41.4 Å². The van der Waals surface area contributed by atoms with E-state index < -0.39 is 17.6 Å². The first-order chi connectivity index (χ1) is 18.7. The lowest BCUT2D eigenvalue weighted by molar-refractivity contribution is -0.165. The Balaban J connectivity index is 1.20. The highest BCUT2D eigenvalue weighted by molar-refractivity contribution is 6.02. The van der Waals surface area contributed by atoms with Gasteiger partial charge in [0.1, 0.15) is 17.4 Å². The molecule has 0 aromatic carbocycles. The van der Waals surface area contributed by atoms with Gasteiger partial charge in [-0.25, -0.2) is 19.7 Å². The van der Waals surface area contributed by atoms with Crippen LogP contribution in [-0.2, 0) is 5.41 Å². The number of pyridine rings is 1. The summed E-state index contributed by atoms with van der Waals surface area (Å²) in [6.07, 6.45) is 3.04. The van der Waals surface area contributed by atoms with Gasteiger partial charge in [0.25, 0.3) is 0 Å². The zero-order valence-corrected chi connectivity index (χ0v) is 21.0. The van der Waals surface area contributed by atoms with Crippen LogP contribution in [0.25, 0.3) is 27.9 Å². The van der Waals surface area contributed by atoms with Crippen molar-refractivity contribution in [1.82, 2.24) is 29.1 Å². The number of urea groups is 1. The van der Waals surface area contributed by atoms with Crippen LogP contribution in [0, 0.1) is 13.8 Å². The summed E-state index contributed by atoms with van der Waals surface area (Å²) >= 11 is 0. The standard InChI is InChI=1S/C26H23F3N8O2/c1-13-10-30-22-17(33-24(38)34-20-9-19(39-35-20)25(7-8-25)26(27,28)29)5-6-18(37(13)22)16-11-36(15-3-4-15)23-21(16)14(2)31-12-32-23/h5-6,9-12,15H,3-4,7-8H2,1-2H3,(H2,33,34,35,38). The molecule has 0 radical (unpaired) electrons. The highest BCUT2D eigenvalue weighted by atomic mass is 19.4. The minimum absolute atomic E-state index is 0.0636. The molecule has 0 bridgehead atoms. The van der Waals surface area contributed by atoms with Crippen molar-refractivity contribution in [3.63, 3.8) is 0 Å². The largest absolute Gasteiger partial charge is 0.401 e. The van der Waals surface area contributed by atoms with Crippen molar-refractivity contribution in [2.45, 2.75) is 57.2 Å². The number of aromatic nitrogens is 6. The van der Waals surface area contributed by atoms with Gasteiger partial charge in [-0.15, -0.1) is 0 Å². The number of nitrogens with zero attached hydrogens (tertiary/aromatic N) is 6. The van der Waals surface area contributed by atoms with Crippen LogP contribution < -0.4 is 10.6 Å². The Labute approximate surface area is 219 Å². The van der Waals surface area contributed by atoms with Crippen LogP contribution in [0.4, 0.5) is 29.5 Å². The van der Waals surface area contributed by atoms with Gasteiger partial charge in [0.2, 0.25) is 0 Å². The highest BCUT2D eigenvalue weighted by Crippen LogP contribution is 2.59. The van der Waals surface area contributed by atoms with Crippen LogP contribution in [-0.4, -0.2) is 41.3 Å². The van der Waals surface area contributed by atoms with E-state index in [9.17, 15) is 18.0 Å². The van der Waals surface area contributed by atoms with Crippen molar-refractivity contribution in [3.05, 3.63) is 54.1 Å². The Morgan fingerprint density at radius 1 is 1.10 bits per heavy atom. The van der Waals surface area contributed by atoms with Gasteiger partial charge in [-0.2, -0.15) is 13.2 Å². The van der Waals surface area contributed by atoms with E-state index in [4.69, 9.17) is 4.52 Å². The predicted octanol–water partition coefficient (Wildman–Crippen LogP) is 5.92. The van der Waals surface area contributed by atoms with E-state index in [1.165, 1.54) is 0 Å². The molecule has 13 heteroatoms. The maximum atomic E-state index is 13.4. The van der Waals surface area contributed by atoms with Gasteiger partial charge < -0.3 is 14.4 Å². The molecule has 2 saturated carbocycles. The molecular weight excluding hydrogens is 513 g/mol. The summed E-state index contributed by atoms with van der Waals surface area (Å²) in [7, 11) is 0. The zero-order valence-electron chi connectivity index (χ0n) is 21.0. The molecule has 7 rings (SSSR count). The van der Waals surface area contributed by atoms with Gasteiger partial charge in [-0.3, -0.25) is 9.72 Å². The first kappa shape index (κ1) is 23.7. The number of amides is 2. The fourth-order valence-corrected chi connectivity index (χ4v) is 5.24. The lowest BCUT2D eigenvalue weighted by Gasteiger charge is -2.15. The summed E-state index contributed by atoms with van der Waals surface area (Å²) in [6, 6.07) is 4.49. The average molecular weight is 537 g/mol. The summed E-state index contributed by atoms with van der Waals surface area (Å²) in [5, 5.41) is 9.77. The quantitative estimate of drug-likeness (QED) is 0.288. The van der Waals surface area contributed by atoms with Crippen LogP contribution in [0.2, 0.25) is 0 Å². The summed E-state index contributed by atoms with van der Waals surface area (Å²) in [5.74, 6) is -0.404. The van der Waals surface area contributed by atoms with Gasteiger partial charge in [0.05, 0.1) is 17.1 Å². The molecule has 0 atom stereocenters. The smallest absolute Gasteiger partial charge is 0.358 e. The molecule has 0 spiro atoms. The van der Waals surface area contributed by atoms with Crippen LogP contribution in [0.5, 0.6) is 0 Å². The number of anilines is 2. The van der Waals surface area contributed by atoms with Crippen LogP contribution in [0.3, 0.4) is 0 Å². The Kier molecular flexibility index (Phi) is 4.88. The molecule has 39 heavy (non-hydrogen) atoms. The van der Waals surface area contributed by atoms with Gasteiger partial charge in [0, 0.05) is 41.1 Å². The molecule has 0 unspecified atom stereocenters. The number of carbonyl (C=O) groups is 1. The number of alkyl halides is 3. The maximum absolute atomic E-state index is 13.4. The number of imidazole rings is 1. The molecule has 0 aliphatic heterocycles. The number of nitrogens with one attached hydrogen (secondary N) is 2. The van der Waals surface area contributed by atoms with Crippen molar-refractivity contribution in [2.24, 2.45) is 0 Å². The van der Waals surface area contributed by atoms with Crippen molar-refractivity contribution < 1.29 is 22.5 Å². The predicted molar refractivity (Wildman–Crippen MR) is 136 cm³/mol. The van der Waals surface area contributed by atoms with Crippen LogP contribution >= 0.6 is 0 Å². The Bertz CT molecular complexity index is 1780. The highest BCUT2D eigenvalue weighted by Gasteiger charge is 2.66. The summed E-state index contributed by atoms with van der Waals surface area (Å²) in [6.45, 7) is 3.88. The summed E-state index contributed by atoms with van der Waals surface area (Å²) in [5.41, 5.74) is 3.36. The van der Waals surface area contributed by atoms with E-state index >= 15 is 0 Å². The molecule has 2 aliphatic carbocycles. The van der Waals surface area contributed by atoms with E-state index in [-0.39, 0.29) is 24.4 Å². The zero-order chi connectivity index (χ0) is 27.1. The fraction of sp³-hybridized carbons (Fsp3) is 0.346. The molecule has 5 aromatic rings. The second-order valence-electron chi connectivity index (χ2n) is 10.3. The van der Waals surface area contributed by atoms with E-state index in [1.807, 2.05) is 24.3 Å². The van der Waals surface area contributed by atoms with E-state index in [0.717, 1.165) is 52.6 Å². The Hall–Kier alpha value is -4.42. The minimum atomic E-state index is -4.44. The normalized spacial score (nSPS) is 16.6. The van der Waals surface area contributed by atoms with Crippen molar-refractivity contribution in [2.75, 3.05) is 10.6 Å². The number of fused-ring (bicyclic) bond motifs is 2.